The lowest BCUT2D eigenvalue weighted by Crippen LogP contribution is -2.27. The van der Waals surface area contributed by atoms with Crippen molar-refractivity contribution in [3.05, 3.63) is 46.7 Å². The number of anilines is 1. The van der Waals surface area contributed by atoms with Crippen molar-refractivity contribution in [1.82, 2.24) is 5.32 Å². The van der Waals surface area contributed by atoms with Gasteiger partial charge in [-0.05, 0) is 46.7 Å². The zero-order chi connectivity index (χ0) is 12.8. The van der Waals surface area contributed by atoms with E-state index < -0.39 is 0 Å². The van der Waals surface area contributed by atoms with E-state index in [1.165, 1.54) is 0 Å². The number of rotatable bonds is 4. The van der Waals surface area contributed by atoms with Crippen LogP contribution in [0.15, 0.2) is 41.1 Å². The maximum absolute atomic E-state index is 11.6. The Morgan fingerprint density at radius 3 is 2.67 bits per heavy atom. The molecule has 0 aliphatic rings. The van der Waals surface area contributed by atoms with Crippen LogP contribution in [0.5, 0.6) is 5.75 Å². The molecule has 94 valence electrons. The van der Waals surface area contributed by atoms with Crippen molar-refractivity contribution in [2.24, 2.45) is 0 Å². The number of methoxy groups -OCH3 is 1. The number of carbonyl (C=O) groups excluding carboxylic acids is 1. The van der Waals surface area contributed by atoms with E-state index in [2.05, 4.69) is 10.6 Å². The lowest BCUT2D eigenvalue weighted by Gasteiger charge is -2.07. The van der Waals surface area contributed by atoms with Gasteiger partial charge in [0, 0.05) is 12.2 Å². The molecule has 2 amide bonds. The zero-order valence-electron chi connectivity index (χ0n) is 9.97. The number of nitrogens with one attached hydrogen (secondary N) is 2. The molecule has 4 nitrogen and oxygen atoms in total. The molecule has 1 aromatic carbocycles. The summed E-state index contributed by atoms with van der Waals surface area (Å²) in [4.78, 5) is 11.6. The number of carbonyl (C=O) groups is 1. The molecule has 1 heterocycles. The first-order chi connectivity index (χ1) is 8.78. The van der Waals surface area contributed by atoms with E-state index in [-0.39, 0.29) is 6.03 Å². The normalized spacial score (nSPS) is 9.83. The number of thiophene rings is 1. The van der Waals surface area contributed by atoms with Crippen molar-refractivity contribution in [2.75, 3.05) is 12.4 Å². The van der Waals surface area contributed by atoms with Crippen LogP contribution in [0.3, 0.4) is 0 Å². The van der Waals surface area contributed by atoms with Crippen molar-refractivity contribution < 1.29 is 9.53 Å². The second kappa shape index (κ2) is 6.07. The van der Waals surface area contributed by atoms with Crippen molar-refractivity contribution in [3.63, 3.8) is 0 Å². The lowest BCUT2D eigenvalue weighted by molar-refractivity contribution is 0.252. The van der Waals surface area contributed by atoms with E-state index in [9.17, 15) is 4.79 Å². The SMILES string of the molecule is COc1ccc(NC(=O)NCc2ccsc2)cc1. The van der Waals surface area contributed by atoms with Gasteiger partial charge in [0.05, 0.1) is 7.11 Å². The number of hydrogen-bond acceptors (Lipinski definition) is 3. The monoisotopic (exact) mass is 262 g/mol. The minimum absolute atomic E-state index is 0.216. The molecule has 0 saturated carbocycles. The smallest absolute Gasteiger partial charge is 0.319 e. The first kappa shape index (κ1) is 12.4. The molecular weight excluding hydrogens is 248 g/mol. The molecule has 0 aliphatic carbocycles. The van der Waals surface area contributed by atoms with Crippen molar-refractivity contribution in [1.29, 1.82) is 0 Å². The number of benzene rings is 1. The van der Waals surface area contributed by atoms with Crippen molar-refractivity contribution in [3.8, 4) is 5.75 Å². The summed E-state index contributed by atoms with van der Waals surface area (Å²) in [6.07, 6.45) is 0. The fourth-order valence-electron chi connectivity index (χ4n) is 1.43. The molecule has 0 radical (unpaired) electrons. The largest absolute Gasteiger partial charge is 0.497 e. The van der Waals surface area contributed by atoms with Crippen LogP contribution < -0.4 is 15.4 Å². The Morgan fingerprint density at radius 1 is 1.28 bits per heavy atom. The van der Waals surface area contributed by atoms with Gasteiger partial charge in [0.15, 0.2) is 0 Å². The average molecular weight is 262 g/mol. The van der Waals surface area contributed by atoms with Gasteiger partial charge in [-0.25, -0.2) is 4.79 Å². The van der Waals surface area contributed by atoms with Gasteiger partial charge in [0.25, 0.3) is 0 Å². The molecule has 18 heavy (non-hydrogen) atoms. The maximum atomic E-state index is 11.6. The van der Waals surface area contributed by atoms with Crippen LogP contribution in [-0.2, 0) is 6.54 Å². The highest BCUT2D eigenvalue weighted by Gasteiger charge is 2.02. The highest BCUT2D eigenvalue weighted by atomic mass is 32.1. The molecule has 5 heteroatoms. The van der Waals surface area contributed by atoms with Gasteiger partial charge < -0.3 is 15.4 Å². The van der Waals surface area contributed by atoms with Gasteiger partial charge in [0.1, 0.15) is 5.75 Å². The van der Waals surface area contributed by atoms with Crippen LogP contribution in [0.2, 0.25) is 0 Å². The fourth-order valence-corrected chi connectivity index (χ4v) is 2.09. The fraction of sp³-hybridized carbons (Fsp3) is 0.154. The summed E-state index contributed by atoms with van der Waals surface area (Å²) < 4.78 is 5.04. The van der Waals surface area contributed by atoms with Gasteiger partial charge >= 0.3 is 6.03 Å². The van der Waals surface area contributed by atoms with E-state index in [1.807, 2.05) is 16.8 Å². The van der Waals surface area contributed by atoms with Crippen molar-refractivity contribution >= 4 is 23.1 Å². The van der Waals surface area contributed by atoms with Crippen LogP contribution in [-0.4, -0.2) is 13.1 Å². The van der Waals surface area contributed by atoms with Crippen LogP contribution in [0.1, 0.15) is 5.56 Å². The molecule has 2 rings (SSSR count). The Labute approximate surface area is 110 Å². The molecule has 0 unspecified atom stereocenters. The van der Waals surface area contributed by atoms with E-state index in [0.29, 0.717) is 6.54 Å². The molecule has 1 aromatic heterocycles. The lowest BCUT2D eigenvalue weighted by atomic mass is 10.3. The number of amides is 2. The Kier molecular flexibility index (Phi) is 4.20. The molecule has 2 N–H and O–H groups in total. The summed E-state index contributed by atoms with van der Waals surface area (Å²) >= 11 is 1.61. The van der Waals surface area contributed by atoms with Gasteiger partial charge in [0.2, 0.25) is 0 Å². The molecule has 0 spiro atoms. The van der Waals surface area contributed by atoms with Gasteiger partial charge in [-0.1, -0.05) is 0 Å². The van der Waals surface area contributed by atoms with Gasteiger partial charge in [-0.15, -0.1) is 0 Å². The average Bonchev–Trinajstić information content (AvgIpc) is 2.90. The molecule has 0 saturated heterocycles. The first-order valence-electron chi connectivity index (χ1n) is 5.48. The minimum Gasteiger partial charge on any atom is -0.497 e. The first-order valence-corrected chi connectivity index (χ1v) is 6.42. The third-order valence-corrected chi connectivity index (χ3v) is 3.11. The Hall–Kier alpha value is -2.01. The second-order valence-electron chi connectivity index (χ2n) is 3.67. The van der Waals surface area contributed by atoms with E-state index in [0.717, 1.165) is 17.0 Å². The molecule has 0 atom stereocenters. The summed E-state index contributed by atoms with van der Waals surface area (Å²) in [5.74, 6) is 0.763. The molecule has 0 bridgehead atoms. The predicted molar refractivity (Wildman–Crippen MR) is 73.2 cm³/mol. The van der Waals surface area contributed by atoms with Crippen LogP contribution >= 0.6 is 11.3 Å². The van der Waals surface area contributed by atoms with Gasteiger partial charge in [-0.3, -0.25) is 0 Å². The highest BCUT2D eigenvalue weighted by molar-refractivity contribution is 7.07. The van der Waals surface area contributed by atoms with Crippen LogP contribution in [0.25, 0.3) is 0 Å². The zero-order valence-corrected chi connectivity index (χ0v) is 10.8. The number of hydrogen-bond donors (Lipinski definition) is 2. The molecule has 2 aromatic rings. The summed E-state index contributed by atoms with van der Waals surface area (Å²) in [6.45, 7) is 0.533. The quantitative estimate of drug-likeness (QED) is 0.889. The standard InChI is InChI=1S/C13H14N2O2S/c1-17-12-4-2-11(3-5-12)15-13(16)14-8-10-6-7-18-9-10/h2-7,9H,8H2,1H3,(H2,14,15,16). The van der Waals surface area contributed by atoms with E-state index >= 15 is 0 Å². The van der Waals surface area contributed by atoms with E-state index in [4.69, 9.17) is 4.74 Å². The summed E-state index contributed by atoms with van der Waals surface area (Å²) in [5.41, 5.74) is 1.84. The Balaban J connectivity index is 1.83. The highest BCUT2D eigenvalue weighted by Crippen LogP contribution is 2.14. The third-order valence-electron chi connectivity index (χ3n) is 2.38. The van der Waals surface area contributed by atoms with E-state index in [1.54, 1.807) is 42.7 Å². The second-order valence-corrected chi connectivity index (χ2v) is 4.45. The van der Waals surface area contributed by atoms with Crippen LogP contribution in [0.4, 0.5) is 10.5 Å². The predicted octanol–water partition coefficient (Wildman–Crippen LogP) is 3.08. The van der Waals surface area contributed by atoms with Crippen LogP contribution in [0, 0.1) is 0 Å². The summed E-state index contributed by atoms with van der Waals surface area (Å²) in [5, 5.41) is 9.53. The number of urea groups is 1. The summed E-state index contributed by atoms with van der Waals surface area (Å²) in [6, 6.07) is 8.96. The van der Waals surface area contributed by atoms with Crippen molar-refractivity contribution in [2.45, 2.75) is 6.54 Å². The molecule has 0 fully saturated rings. The van der Waals surface area contributed by atoms with Gasteiger partial charge in [-0.2, -0.15) is 11.3 Å². The Morgan fingerprint density at radius 2 is 2.06 bits per heavy atom. The molecular formula is C13H14N2O2S. The maximum Gasteiger partial charge on any atom is 0.319 e. The minimum atomic E-state index is -0.216. The summed E-state index contributed by atoms with van der Waals surface area (Å²) in [7, 11) is 1.61. The third kappa shape index (κ3) is 3.49. The Bertz CT molecular complexity index is 494. The molecule has 0 aliphatic heterocycles. The topological polar surface area (TPSA) is 50.4 Å². The number of ether oxygens (including phenoxy) is 1.